The van der Waals surface area contributed by atoms with Crippen LogP contribution in [0.4, 0.5) is 5.88 Å². The Morgan fingerprint density at radius 3 is 3.00 bits per heavy atom. The van der Waals surface area contributed by atoms with E-state index in [1.807, 2.05) is 4.90 Å². The third-order valence-electron chi connectivity index (χ3n) is 2.65. The predicted molar refractivity (Wildman–Crippen MR) is 56.2 cm³/mol. The van der Waals surface area contributed by atoms with Crippen molar-refractivity contribution in [2.75, 3.05) is 18.0 Å². The Morgan fingerprint density at radius 2 is 2.40 bits per heavy atom. The van der Waals surface area contributed by atoms with Crippen LogP contribution in [0.3, 0.4) is 0 Å². The highest BCUT2D eigenvalue weighted by Gasteiger charge is 2.20. The van der Waals surface area contributed by atoms with Gasteiger partial charge in [0.15, 0.2) is 17.4 Å². The van der Waals surface area contributed by atoms with Crippen LogP contribution in [-0.2, 0) is 0 Å². The van der Waals surface area contributed by atoms with Gasteiger partial charge in [-0.2, -0.15) is 0 Å². The maximum Gasteiger partial charge on any atom is 0.196 e. The van der Waals surface area contributed by atoms with Gasteiger partial charge in [0, 0.05) is 26.1 Å². The van der Waals surface area contributed by atoms with Crippen LogP contribution in [0.2, 0.25) is 0 Å². The first kappa shape index (κ1) is 10.2. The van der Waals surface area contributed by atoms with Gasteiger partial charge in [-0.3, -0.25) is 4.79 Å². The molecule has 0 radical (unpaired) electrons. The molecule has 1 aromatic rings. The zero-order valence-corrected chi connectivity index (χ0v) is 8.77. The molecule has 1 aliphatic rings. The molecule has 0 aromatic carbocycles. The van der Waals surface area contributed by atoms with Crippen molar-refractivity contribution in [2.24, 2.45) is 0 Å². The number of aliphatic hydroxyl groups excluding tert-OH is 1. The summed E-state index contributed by atoms with van der Waals surface area (Å²) < 4.78 is 5.40. The molecule has 0 saturated carbocycles. The second-order valence-electron chi connectivity index (χ2n) is 3.94. The summed E-state index contributed by atoms with van der Waals surface area (Å²) in [6, 6.07) is 3.47. The van der Waals surface area contributed by atoms with E-state index in [0.29, 0.717) is 18.2 Å². The first-order valence-corrected chi connectivity index (χ1v) is 5.20. The molecule has 2 rings (SSSR count). The highest BCUT2D eigenvalue weighted by molar-refractivity contribution is 5.91. The molecule has 0 aliphatic carbocycles. The first-order valence-electron chi connectivity index (χ1n) is 5.20. The number of anilines is 1. The number of β-amino-alcohol motifs (C(OH)–C–C–N with tert-alkyl or cyclic N) is 1. The molecule has 0 amide bonds. The average Bonchev–Trinajstić information content (AvgIpc) is 2.66. The minimum absolute atomic E-state index is 0.0705. The second-order valence-corrected chi connectivity index (χ2v) is 3.94. The summed E-state index contributed by atoms with van der Waals surface area (Å²) in [6.45, 7) is 2.94. The fourth-order valence-electron chi connectivity index (χ4n) is 1.84. The second kappa shape index (κ2) is 4.06. The van der Waals surface area contributed by atoms with Gasteiger partial charge in [0.1, 0.15) is 0 Å². The molecule has 1 atom stereocenters. The van der Waals surface area contributed by atoms with Crippen molar-refractivity contribution < 1.29 is 14.3 Å². The van der Waals surface area contributed by atoms with Gasteiger partial charge >= 0.3 is 0 Å². The summed E-state index contributed by atoms with van der Waals surface area (Å²) in [5, 5.41) is 9.51. The monoisotopic (exact) mass is 209 g/mol. The highest BCUT2D eigenvalue weighted by atomic mass is 16.4. The number of carbonyl (C=O) groups is 1. The highest BCUT2D eigenvalue weighted by Crippen LogP contribution is 2.22. The van der Waals surface area contributed by atoms with E-state index in [-0.39, 0.29) is 11.9 Å². The third kappa shape index (κ3) is 2.21. The van der Waals surface area contributed by atoms with Gasteiger partial charge in [0.25, 0.3) is 0 Å². The minimum atomic E-state index is -0.287. The number of aliphatic hydroxyl groups is 1. The number of nitrogens with zero attached hydrogens (tertiary/aromatic N) is 1. The summed E-state index contributed by atoms with van der Waals surface area (Å²) in [5.74, 6) is 0.989. The minimum Gasteiger partial charge on any atom is -0.437 e. The number of carbonyl (C=O) groups excluding carboxylic acids is 1. The van der Waals surface area contributed by atoms with Crippen LogP contribution < -0.4 is 4.90 Å². The average molecular weight is 209 g/mol. The van der Waals surface area contributed by atoms with Crippen molar-refractivity contribution in [2.45, 2.75) is 25.9 Å². The predicted octanol–water partition coefficient (Wildman–Crippen LogP) is 1.44. The van der Waals surface area contributed by atoms with Crippen molar-refractivity contribution in [3.8, 4) is 0 Å². The van der Waals surface area contributed by atoms with Gasteiger partial charge in [-0.05, 0) is 18.9 Å². The largest absolute Gasteiger partial charge is 0.437 e. The maximum atomic E-state index is 11.0. The Bertz CT molecular complexity index is 358. The normalized spacial score (nSPS) is 21.7. The molecule has 1 fully saturated rings. The number of piperidine rings is 1. The summed E-state index contributed by atoms with van der Waals surface area (Å²) in [4.78, 5) is 13.0. The van der Waals surface area contributed by atoms with Gasteiger partial charge in [-0.1, -0.05) is 0 Å². The van der Waals surface area contributed by atoms with Crippen LogP contribution >= 0.6 is 0 Å². The maximum absolute atomic E-state index is 11.0. The van der Waals surface area contributed by atoms with E-state index in [4.69, 9.17) is 4.42 Å². The van der Waals surface area contributed by atoms with Crippen molar-refractivity contribution in [3.05, 3.63) is 17.9 Å². The van der Waals surface area contributed by atoms with Crippen LogP contribution in [-0.4, -0.2) is 30.1 Å². The van der Waals surface area contributed by atoms with Crippen LogP contribution in [0.25, 0.3) is 0 Å². The molecule has 1 N–H and O–H groups in total. The van der Waals surface area contributed by atoms with E-state index in [0.717, 1.165) is 19.4 Å². The van der Waals surface area contributed by atoms with Crippen LogP contribution in [0.15, 0.2) is 16.5 Å². The van der Waals surface area contributed by atoms with Crippen molar-refractivity contribution in [1.82, 2.24) is 0 Å². The lowest BCUT2D eigenvalue weighted by Crippen LogP contribution is -2.37. The van der Waals surface area contributed by atoms with Crippen LogP contribution in [0.5, 0.6) is 0 Å². The molecule has 0 spiro atoms. The third-order valence-corrected chi connectivity index (χ3v) is 2.65. The SMILES string of the molecule is CC(=O)c1ccc(N2CCCC(O)C2)o1. The lowest BCUT2D eigenvalue weighted by atomic mass is 10.1. The summed E-state index contributed by atoms with van der Waals surface area (Å²) in [7, 11) is 0. The molecule has 2 heterocycles. The van der Waals surface area contributed by atoms with Crippen LogP contribution in [0.1, 0.15) is 30.3 Å². The van der Waals surface area contributed by atoms with Crippen molar-refractivity contribution >= 4 is 11.7 Å². The molecular weight excluding hydrogens is 194 g/mol. The Morgan fingerprint density at radius 1 is 1.60 bits per heavy atom. The molecule has 4 heteroatoms. The molecule has 4 nitrogen and oxygen atoms in total. The standard InChI is InChI=1S/C11H15NO3/c1-8(13)10-4-5-11(15-10)12-6-2-3-9(14)7-12/h4-5,9,14H,2-3,6-7H2,1H3. The number of Topliss-reactive ketones (excluding diaryl/α,β-unsaturated/α-hetero) is 1. The van der Waals surface area contributed by atoms with Gasteiger partial charge < -0.3 is 14.4 Å². The molecule has 1 unspecified atom stereocenters. The molecule has 1 saturated heterocycles. The lowest BCUT2D eigenvalue weighted by Gasteiger charge is -2.29. The summed E-state index contributed by atoms with van der Waals surface area (Å²) in [6.07, 6.45) is 1.51. The van der Waals surface area contributed by atoms with E-state index in [9.17, 15) is 9.90 Å². The molecule has 0 bridgehead atoms. The Kier molecular flexibility index (Phi) is 2.77. The van der Waals surface area contributed by atoms with E-state index in [1.54, 1.807) is 12.1 Å². The number of ketones is 1. The topological polar surface area (TPSA) is 53.7 Å². The van der Waals surface area contributed by atoms with E-state index >= 15 is 0 Å². The molecule has 15 heavy (non-hydrogen) atoms. The lowest BCUT2D eigenvalue weighted by molar-refractivity contribution is 0.0987. The van der Waals surface area contributed by atoms with Crippen molar-refractivity contribution in [1.29, 1.82) is 0 Å². The van der Waals surface area contributed by atoms with Gasteiger partial charge in [0.2, 0.25) is 0 Å². The van der Waals surface area contributed by atoms with E-state index in [2.05, 4.69) is 0 Å². The summed E-state index contributed by atoms with van der Waals surface area (Å²) in [5.41, 5.74) is 0. The fourth-order valence-corrected chi connectivity index (χ4v) is 1.84. The number of furan rings is 1. The molecular formula is C11H15NO3. The Hall–Kier alpha value is -1.29. The van der Waals surface area contributed by atoms with Crippen LogP contribution in [0, 0.1) is 0 Å². The summed E-state index contributed by atoms with van der Waals surface area (Å²) >= 11 is 0. The van der Waals surface area contributed by atoms with E-state index in [1.165, 1.54) is 6.92 Å². The van der Waals surface area contributed by atoms with Gasteiger partial charge in [-0.25, -0.2) is 0 Å². The quantitative estimate of drug-likeness (QED) is 0.749. The number of hydrogen-bond acceptors (Lipinski definition) is 4. The number of rotatable bonds is 2. The van der Waals surface area contributed by atoms with E-state index < -0.39 is 0 Å². The van der Waals surface area contributed by atoms with Gasteiger partial charge in [-0.15, -0.1) is 0 Å². The zero-order chi connectivity index (χ0) is 10.8. The fraction of sp³-hybridized carbons (Fsp3) is 0.545. The number of hydrogen-bond donors (Lipinski definition) is 1. The molecule has 1 aromatic heterocycles. The molecule has 1 aliphatic heterocycles. The molecule has 82 valence electrons. The van der Waals surface area contributed by atoms with Gasteiger partial charge in [0.05, 0.1) is 6.10 Å². The Balaban J connectivity index is 2.11. The Labute approximate surface area is 88.5 Å². The van der Waals surface area contributed by atoms with Crippen molar-refractivity contribution in [3.63, 3.8) is 0 Å². The first-order chi connectivity index (χ1) is 7.16. The zero-order valence-electron chi connectivity index (χ0n) is 8.77. The smallest absolute Gasteiger partial charge is 0.196 e.